The molecule has 3 rings (SSSR count). The molecule has 2 unspecified atom stereocenters. The van der Waals surface area contributed by atoms with Crippen LogP contribution in [-0.2, 0) is 4.74 Å². The zero-order valence-corrected chi connectivity index (χ0v) is 11.0. The average molecular weight is 258 g/mol. The Hall–Kier alpha value is -1.58. The fraction of sp³-hybridized carbons (Fsp3) is 0.375. The van der Waals surface area contributed by atoms with Crippen LogP contribution in [0.4, 0.5) is 0 Å². The molecule has 2 aromatic rings. The topological polar surface area (TPSA) is 38.7 Å². The summed E-state index contributed by atoms with van der Waals surface area (Å²) < 4.78 is 11.0. The number of ether oxygens (including phenoxy) is 2. The van der Waals surface area contributed by atoms with Crippen molar-refractivity contribution in [2.75, 3.05) is 20.3 Å². The van der Waals surface area contributed by atoms with Crippen LogP contribution in [-0.4, -0.2) is 25.4 Å². The van der Waals surface area contributed by atoms with Gasteiger partial charge in [0.05, 0.1) is 13.2 Å². The minimum atomic E-state index is 0.0245. The summed E-state index contributed by atoms with van der Waals surface area (Å²) >= 11 is 0. The van der Waals surface area contributed by atoms with Crippen LogP contribution < -0.4 is 4.74 Å². The van der Waals surface area contributed by atoms with E-state index in [0.29, 0.717) is 0 Å². The van der Waals surface area contributed by atoms with Gasteiger partial charge in [-0.15, -0.1) is 0 Å². The van der Waals surface area contributed by atoms with E-state index in [1.807, 2.05) is 12.1 Å². The van der Waals surface area contributed by atoms with Crippen LogP contribution in [0.3, 0.4) is 0 Å². The summed E-state index contributed by atoms with van der Waals surface area (Å²) in [5.74, 6) is 1.08. The van der Waals surface area contributed by atoms with Gasteiger partial charge in [-0.1, -0.05) is 18.2 Å². The maximum absolute atomic E-state index is 9.38. The van der Waals surface area contributed by atoms with Gasteiger partial charge in [-0.25, -0.2) is 0 Å². The van der Waals surface area contributed by atoms with E-state index < -0.39 is 0 Å². The van der Waals surface area contributed by atoms with Gasteiger partial charge in [0.1, 0.15) is 5.75 Å². The molecule has 0 spiro atoms. The van der Waals surface area contributed by atoms with Gasteiger partial charge in [-0.3, -0.25) is 0 Å². The maximum Gasteiger partial charge on any atom is 0.119 e. The van der Waals surface area contributed by atoms with Crippen LogP contribution in [0.15, 0.2) is 36.4 Å². The molecule has 0 amide bonds. The fourth-order valence-electron chi connectivity index (χ4n) is 2.74. The van der Waals surface area contributed by atoms with Crippen LogP contribution in [0.25, 0.3) is 10.8 Å². The second-order valence-electron chi connectivity index (χ2n) is 5.00. The first-order chi connectivity index (χ1) is 9.31. The lowest BCUT2D eigenvalue weighted by atomic mass is 9.94. The molecule has 0 bridgehead atoms. The average Bonchev–Trinajstić information content (AvgIpc) is 2.94. The molecule has 2 atom stereocenters. The van der Waals surface area contributed by atoms with Crippen LogP contribution in [0, 0.1) is 5.92 Å². The smallest absolute Gasteiger partial charge is 0.119 e. The molecule has 2 aromatic carbocycles. The lowest BCUT2D eigenvalue weighted by Gasteiger charge is -2.17. The summed E-state index contributed by atoms with van der Waals surface area (Å²) in [5, 5.41) is 11.7. The van der Waals surface area contributed by atoms with Gasteiger partial charge in [-0.2, -0.15) is 0 Å². The third-order valence-electron chi connectivity index (χ3n) is 3.85. The SMILES string of the molecule is COc1ccc2cc(C3OCCC3CO)ccc2c1. The quantitative estimate of drug-likeness (QED) is 0.920. The van der Waals surface area contributed by atoms with E-state index >= 15 is 0 Å². The summed E-state index contributed by atoms with van der Waals surface area (Å²) in [6.07, 6.45) is 0.957. The van der Waals surface area contributed by atoms with E-state index in [-0.39, 0.29) is 18.6 Å². The number of fused-ring (bicyclic) bond motifs is 1. The fourth-order valence-corrected chi connectivity index (χ4v) is 2.74. The molecule has 19 heavy (non-hydrogen) atoms. The first kappa shape index (κ1) is 12.5. The molecule has 0 radical (unpaired) electrons. The van der Waals surface area contributed by atoms with Gasteiger partial charge in [0.2, 0.25) is 0 Å². The first-order valence-electron chi connectivity index (χ1n) is 6.62. The monoisotopic (exact) mass is 258 g/mol. The Morgan fingerprint density at radius 2 is 2.00 bits per heavy atom. The highest BCUT2D eigenvalue weighted by molar-refractivity contribution is 5.84. The van der Waals surface area contributed by atoms with Crippen LogP contribution in [0.5, 0.6) is 5.75 Å². The highest BCUT2D eigenvalue weighted by Crippen LogP contribution is 2.35. The summed E-state index contributed by atoms with van der Waals surface area (Å²) in [7, 11) is 1.67. The highest BCUT2D eigenvalue weighted by Gasteiger charge is 2.28. The number of benzene rings is 2. The van der Waals surface area contributed by atoms with Crippen LogP contribution in [0.2, 0.25) is 0 Å². The molecule has 1 fully saturated rings. The standard InChI is InChI=1S/C16H18O3/c1-18-15-5-4-11-8-13(3-2-12(11)9-15)16-14(10-17)6-7-19-16/h2-5,8-9,14,16-17H,6-7,10H2,1H3. The Labute approximate surface area is 112 Å². The summed E-state index contributed by atoms with van der Waals surface area (Å²) in [6.45, 7) is 0.919. The zero-order chi connectivity index (χ0) is 13.2. The normalized spacial score (nSPS) is 22.8. The van der Waals surface area contributed by atoms with Crippen molar-refractivity contribution in [3.05, 3.63) is 42.0 Å². The predicted molar refractivity (Wildman–Crippen MR) is 74.4 cm³/mol. The van der Waals surface area contributed by atoms with Crippen molar-refractivity contribution in [1.29, 1.82) is 0 Å². The molecule has 1 saturated heterocycles. The molecular weight excluding hydrogens is 240 g/mol. The van der Waals surface area contributed by atoms with Gasteiger partial charge in [-0.05, 0) is 41.0 Å². The molecule has 0 aromatic heterocycles. The van der Waals surface area contributed by atoms with Crippen LogP contribution >= 0.6 is 0 Å². The first-order valence-corrected chi connectivity index (χ1v) is 6.62. The summed E-state index contributed by atoms with van der Waals surface area (Å²) in [5.41, 5.74) is 1.15. The van der Waals surface area contributed by atoms with E-state index in [1.165, 1.54) is 5.39 Å². The molecule has 0 aliphatic carbocycles. The molecule has 100 valence electrons. The van der Waals surface area contributed by atoms with Crippen molar-refractivity contribution in [2.45, 2.75) is 12.5 Å². The second-order valence-corrected chi connectivity index (χ2v) is 5.00. The molecule has 1 heterocycles. The molecule has 1 aliphatic heterocycles. The number of hydrogen-bond donors (Lipinski definition) is 1. The molecule has 1 aliphatic rings. The highest BCUT2D eigenvalue weighted by atomic mass is 16.5. The van der Waals surface area contributed by atoms with E-state index in [0.717, 1.165) is 29.7 Å². The number of aliphatic hydroxyl groups excluding tert-OH is 1. The molecule has 3 nitrogen and oxygen atoms in total. The number of rotatable bonds is 3. The maximum atomic E-state index is 9.38. The van der Waals surface area contributed by atoms with Gasteiger partial charge < -0.3 is 14.6 Å². The molecule has 1 N–H and O–H groups in total. The number of methoxy groups -OCH3 is 1. The van der Waals surface area contributed by atoms with Crippen molar-refractivity contribution in [1.82, 2.24) is 0 Å². The molecule has 3 heteroatoms. The van der Waals surface area contributed by atoms with Gasteiger partial charge in [0, 0.05) is 19.1 Å². The Morgan fingerprint density at radius 1 is 1.21 bits per heavy atom. The Morgan fingerprint density at radius 3 is 2.79 bits per heavy atom. The van der Waals surface area contributed by atoms with Gasteiger partial charge >= 0.3 is 0 Å². The molecule has 0 saturated carbocycles. The van der Waals surface area contributed by atoms with Crippen molar-refractivity contribution in [3.8, 4) is 5.75 Å². The second kappa shape index (κ2) is 5.19. The van der Waals surface area contributed by atoms with Crippen LogP contribution in [0.1, 0.15) is 18.1 Å². The van der Waals surface area contributed by atoms with E-state index in [4.69, 9.17) is 9.47 Å². The summed E-state index contributed by atoms with van der Waals surface area (Å²) in [4.78, 5) is 0. The number of aliphatic hydroxyl groups is 1. The minimum Gasteiger partial charge on any atom is -0.497 e. The van der Waals surface area contributed by atoms with Crippen molar-refractivity contribution >= 4 is 10.8 Å². The van der Waals surface area contributed by atoms with Crippen molar-refractivity contribution in [2.24, 2.45) is 5.92 Å². The van der Waals surface area contributed by atoms with Gasteiger partial charge in [0.15, 0.2) is 0 Å². The van der Waals surface area contributed by atoms with E-state index in [2.05, 4.69) is 24.3 Å². The van der Waals surface area contributed by atoms with Crippen molar-refractivity contribution in [3.63, 3.8) is 0 Å². The predicted octanol–water partition coefficient (Wildman–Crippen LogP) is 2.92. The lowest BCUT2D eigenvalue weighted by Crippen LogP contribution is -2.11. The van der Waals surface area contributed by atoms with E-state index in [1.54, 1.807) is 7.11 Å². The van der Waals surface area contributed by atoms with Crippen molar-refractivity contribution < 1.29 is 14.6 Å². The molecular formula is C16H18O3. The van der Waals surface area contributed by atoms with Gasteiger partial charge in [0.25, 0.3) is 0 Å². The summed E-state index contributed by atoms with van der Waals surface area (Å²) in [6, 6.07) is 12.4. The Bertz CT molecular complexity index is 579. The van der Waals surface area contributed by atoms with E-state index in [9.17, 15) is 5.11 Å². The Kier molecular flexibility index (Phi) is 3.40. The third-order valence-corrected chi connectivity index (χ3v) is 3.85. The lowest BCUT2D eigenvalue weighted by molar-refractivity contribution is 0.0721. The minimum absolute atomic E-state index is 0.0245. The Balaban J connectivity index is 1.97. The largest absolute Gasteiger partial charge is 0.497 e. The number of hydrogen-bond acceptors (Lipinski definition) is 3. The third kappa shape index (κ3) is 2.31. The zero-order valence-electron chi connectivity index (χ0n) is 11.0.